The number of hydrogen-bond acceptors (Lipinski definition) is 9. The second kappa shape index (κ2) is 7.61. The zero-order chi connectivity index (χ0) is 22.4. The van der Waals surface area contributed by atoms with Gasteiger partial charge in [0, 0.05) is 25.9 Å². The molecule has 0 aromatic carbocycles. The number of hydrogen-bond donors (Lipinski definition) is 4. The Balaban J connectivity index is 1.47. The SMILES string of the molecule is C[C@]1(O)CC2(CCN(C(=O)CCC(=O)O)CC2)OC[C@@H]1n1cnc2c(N)nc(N)nc21. The van der Waals surface area contributed by atoms with Gasteiger partial charge in [-0.05, 0) is 19.8 Å². The number of aromatic nitrogens is 4. The van der Waals surface area contributed by atoms with Gasteiger partial charge in [0.15, 0.2) is 11.5 Å². The summed E-state index contributed by atoms with van der Waals surface area (Å²) in [5.74, 6) is -0.952. The third-order valence-electron chi connectivity index (χ3n) is 6.33. The van der Waals surface area contributed by atoms with Crippen molar-refractivity contribution in [2.75, 3.05) is 31.2 Å². The summed E-state index contributed by atoms with van der Waals surface area (Å²) >= 11 is 0. The van der Waals surface area contributed by atoms with Gasteiger partial charge in [0.25, 0.3) is 0 Å². The number of aliphatic carboxylic acids is 1. The van der Waals surface area contributed by atoms with Crippen molar-refractivity contribution in [3.63, 3.8) is 0 Å². The van der Waals surface area contributed by atoms with Gasteiger partial charge in [-0.3, -0.25) is 9.59 Å². The third kappa shape index (κ3) is 4.00. The summed E-state index contributed by atoms with van der Waals surface area (Å²) in [6.45, 7) is 2.92. The highest BCUT2D eigenvalue weighted by Crippen LogP contribution is 2.44. The molecule has 4 rings (SSSR count). The number of aliphatic hydroxyl groups is 1. The molecule has 2 fully saturated rings. The van der Waals surface area contributed by atoms with E-state index >= 15 is 0 Å². The van der Waals surface area contributed by atoms with Crippen molar-refractivity contribution in [1.82, 2.24) is 24.4 Å². The number of carboxylic acid groups (broad SMARTS) is 1. The molecule has 1 amide bonds. The number of rotatable bonds is 4. The van der Waals surface area contributed by atoms with Crippen LogP contribution in [0.5, 0.6) is 0 Å². The van der Waals surface area contributed by atoms with Crippen LogP contribution in [0.1, 0.15) is 45.1 Å². The predicted molar refractivity (Wildman–Crippen MR) is 110 cm³/mol. The van der Waals surface area contributed by atoms with Crippen molar-refractivity contribution in [2.45, 2.75) is 56.3 Å². The smallest absolute Gasteiger partial charge is 0.303 e. The van der Waals surface area contributed by atoms with E-state index in [0.29, 0.717) is 43.5 Å². The molecule has 168 valence electrons. The summed E-state index contributed by atoms with van der Waals surface area (Å²) < 4.78 is 7.99. The fourth-order valence-corrected chi connectivity index (χ4v) is 4.68. The van der Waals surface area contributed by atoms with Gasteiger partial charge in [0.1, 0.15) is 5.52 Å². The lowest BCUT2D eigenvalue weighted by molar-refractivity contribution is -0.197. The monoisotopic (exact) mass is 433 g/mol. The molecule has 2 aromatic heterocycles. The van der Waals surface area contributed by atoms with Gasteiger partial charge in [-0.25, -0.2) is 4.98 Å². The normalized spacial score (nSPS) is 25.7. The molecule has 0 saturated carbocycles. The van der Waals surface area contributed by atoms with Crippen LogP contribution < -0.4 is 11.5 Å². The fourth-order valence-electron chi connectivity index (χ4n) is 4.68. The molecule has 4 heterocycles. The molecule has 0 unspecified atom stereocenters. The molecule has 1 spiro atoms. The third-order valence-corrected chi connectivity index (χ3v) is 6.33. The van der Waals surface area contributed by atoms with Crippen molar-refractivity contribution >= 4 is 34.8 Å². The Morgan fingerprint density at radius 1 is 1.26 bits per heavy atom. The molecular weight excluding hydrogens is 406 g/mol. The summed E-state index contributed by atoms with van der Waals surface area (Å²) in [6, 6.07) is -0.452. The minimum Gasteiger partial charge on any atom is -0.481 e. The van der Waals surface area contributed by atoms with Gasteiger partial charge >= 0.3 is 5.97 Å². The maximum absolute atomic E-state index is 12.2. The summed E-state index contributed by atoms with van der Waals surface area (Å²) in [4.78, 5) is 37.0. The summed E-state index contributed by atoms with van der Waals surface area (Å²) in [5, 5.41) is 20.1. The van der Waals surface area contributed by atoms with Gasteiger partial charge in [0.2, 0.25) is 11.9 Å². The Hall–Kier alpha value is -2.99. The van der Waals surface area contributed by atoms with E-state index in [1.807, 2.05) is 0 Å². The van der Waals surface area contributed by atoms with E-state index in [2.05, 4.69) is 15.0 Å². The molecule has 31 heavy (non-hydrogen) atoms. The lowest BCUT2D eigenvalue weighted by Crippen LogP contribution is -2.58. The van der Waals surface area contributed by atoms with Gasteiger partial charge in [0.05, 0.1) is 36.6 Å². The first-order valence-electron chi connectivity index (χ1n) is 10.2. The molecule has 12 nitrogen and oxygen atoms in total. The van der Waals surface area contributed by atoms with Crippen LogP contribution in [0.15, 0.2) is 6.33 Å². The van der Waals surface area contributed by atoms with E-state index in [1.54, 1.807) is 22.7 Å². The first kappa shape index (κ1) is 21.2. The van der Waals surface area contributed by atoms with Crippen molar-refractivity contribution < 1.29 is 24.5 Å². The number of nitrogens with zero attached hydrogens (tertiary/aromatic N) is 5. The number of carbonyl (C=O) groups excluding carboxylic acids is 1. The van der Waals surface area contributed by atoms with Crippen molar-refractivity contribution in [2.24, 2.45) is 0 Å². The Morgan fingerprint density at radius 3 is 2.61 bits per heavy atom. The van der Waals surface area contributed by atoms with Gasteiger partial charge in [-0.1, -0.05) is 0 Å². The summed E-state index contributed by atoms with van der Waals surface area (Å²) in [7, 11) is 0. The van der Waals surface area contributed by atoms with E-state index in [1.165, 1.54) is 0 Å². The van der Waals surface area contributed by atoms with Crippen molar-refractivity contribution in [3.05, 3.63) is 6.33 Å². The number of imidazole rings is 1. The Kier molecular flexibility index (Phi) is 5.21. The van der Waals surface area contributed by atoms with Crippen LogP contribution in [-0.4, -0.2) is 77.4 Å². The number of likely N-dealkylation sites (tertiary alicyclic amines) is 1. The Morgan fingerprint density at radius 2 is 1.97 bits per heavy atom. The molecular formula is C19H27N7O5. The number of carbonyl (C=O) groups is 2. The molecule has 2 atom stereocenters. The minimum absolute atomic E-state index is 0.00912. The van der Waals surface area contributed by atoms with Crippen LogP contribution in [-0.2, 0) is 14.3 Å². The van der Waals surface area contributed by atoms with Crippen LogP contribution in [0.3, 0.4) is 0 Å². The molecule has 2 aliphatic heterocycles. The molecule has 2 aromatic rings. The van der Waals surface area contributed by atoms with E-state index in [0.717, 1.165) is 0 Å². The number of nitrogens with two attached hydrogens (primary N) is 2. The predicted octanol–water partition coefficient (Wildman–Crippen LogP) is -0.0709. The van der Waals surface area contributed by atoms with Crippen LogP contribution in [0, 0.1) is 0 Å². The molecule has 0 radical (unpaired) electrons. The lowest BCUT2D eigenvalue weighted by Gasteiger charge is -2.51. The average Bonchev–Trinajstić information content (AvgIpc) is 3.09. The van der Waals surface area contributed by atoms with E-state index in [-0.39, 0.29) is 37.1 Å². The van der Waals surface area contributed by atoms with E-state index < -0.39 is 23.2 Å². The number of anilines is 2. The number of carboxylic acids is 1. The quantitative estimate of drug-likeness (QED) is 0.509. The topological polar surface area (TPSA) is 183 Å². The van der Waals surface area contributed by atoms with Crippen LogP contribution in [0.25, 0.3) is 11.2 Å². The molecule has 6 N–H and O–H groups in total. The Labute approximate surface area is 178 Å². The molecule has 2 aliphatic rings. The zero-order valence-corrected chi connectivity index (χ0v) is 17.3. The molecule has 0 aliphatic carbocycles. The fraction of sp³-hybridized carbons (Fsp3) is 0.632. The van der Waals surface area contributed by atoms with Crippen molar-refractivity contribution in [1.29, 1.82) is 0 Å². The zero-order valence-electron chi connectivity index (χ0n) is 17.3. The van der Waals surface area contributed by atoms with Crippen LogP contribution in [0.4, 0.5) is 11.8 Å². The van der Waals surface area contributed by atoms with Gasteiger partial charge < -0.3 is 35.9 Å². The molecule has 2 saturated heterocycles. The lowest BCUT2D eigenvalue weighted by atomic mass is 9.75. The number of nitrogen functional groups attached to an aromatic ring is 2. The number of amides is 1. The number of fused-ring (bicyclic) bond motifs is 1. The number of piperidine rings is 1. The largest absolute Gasteiger partial charge is 0.481 e. The molecule has 12 heteroatoms. The number of ether oxygens (including phenoxy) is 1. The van der Waals surface area contributed by atoms with E-state index in [4.69, 9.17) is 21.3 Å². The highest BCUT2D eigenvalue weighted by molar-refractivity contribution is 5.83. The Bertz CT molecular complexity index is 1010. The van der Waals surface area contributed by atoms with Crippen molar-refractivity contribution in [3.8, 4) is 0 Å². The molecule has 0 bridgehead atoms. The maximum atomic E-state index is 12.2. The van der Waals surface area contributed by atoms with Gasteiger partial charge in [-0.15, -0.1) is 0 Å². The first-order chi connectivity index (χ1) is 14.6. The highest BCUT2D eigenvalue weighted by Gasteiger charge is 2.50. The van der Waals surface area contributed by atoms with E-state index in [9.17, 15) is 14.7 Å². The second-order valence-corrected chi connectivity index (χ2v) is 8.61. The summed E-state index contributed by atoms with van der Waals surface area (Å²) in [5.41, 5.74) is 10.8. The minimum atomic E-state index is -1.13. The highest BCUT2D eigenvalue weighted by atomic mass is 16.5. The van der Waals surface area contributed by atoms with Gasteiger partial charge in [-0.2, -0.15) is 9.97 Å². The summed E-state index contributed by atoms with van der Waals surface area (Å²) in [6.07, 6.45) is 2.88. The average molecular weight is 433 g/mol. The van der Waals surface area contributed by atoms with Crippen LogP contribution >= 0.6 is 0 Å². The second-order valence-electron chi connectivity index (χ2n) is 8.61. The first-order valence-corrected chi connectivity index (χ1v) is 10.2. The standard InChI is InChI=1S/C19H27N7O5/c1-18(30)9-19(4-6-25(7-5-19)12(27)2-3-13(28)29)31-8-11(18)26-10-22-14-15(20)23-17(21)24-16(14)26/h10-11,30H,2-9H2,1H3,(H,28,29)(H4,20,21,23,24)/t11-,18-/m0/s1. The van der Waals surface area contributed by atoms with Crippen LogP contribution in [0.2, 0.25) is 0 Å². The maximum Gasteiger partial charge on any atom is 0.303 e.